The Morgan fingerprint density at radius 3 is 2.46 bits per heavy atom. The number of halogens is 3. The molecule has 1 aliphatic heterocycles. The third-order valence-corrected chi connectivity index (χ3v) is 4.74. The van der Waals surface area contributed by atoms with Gasteiger partial charge in [-0.1, -0.05) is 23.7 Å². The van der Waals surface area contributed by atoms with Gasteiger partial charge in [0.25, 0.3) is 0 Å². The maximum Gasteiger partial charge on any atom is 0.141 e. The molecule has 0 bridgehead atoms. The lowest BCUT2D eigenvalue weighted by atomic mass is 10.0. The average molecular weight is 345 g/mol. The van der Waals surface area contributed by atoms with Crippen LogP contribution in [0, 0.1) is 11.6 Å². The first kappa shape index (κ1) is 15.2. The molecule has 24 heavy (non-hydrogen) atoms. The van der Waals surface area contributed by atoms with Gasteiger partial charge in [0.05, 0.1) is 11.6 Å². The second kappa shape index (κ2) is 5.95. The maximum atomic E-state index is 13.4. The van der Waals surface area contributed by atoms with Gasteiger partial charge in [0.1, 0.15) is 11.6 Å². The highest BCUT2D eigenvalue weighted by Crippen LogP contribution is 2.31. The Kier molecular flexibility index (Phi) is 3.77. The lowest BCUT2D eigenvalue weighted by molar-refractivity contribution is 0.572. The van der Waals surface area contributed by atoms with Gasteiger partial charge in [0, 0.05) is 36.2 Å². The van der Waals surface area contributed by atoms with E-state index < -0.39 is 5.82 Å². The van der Waals surface area contributed by atoms with Crippen LogP contribution in [0.5, 0.6) is 0 Å². The molecule has 0 atom stereocenters. The predicted molar refractivity (Wildman–Crippen MR) is 92.3 cm³/mol. The van der Waals surface area contributed by atoms with Crippen LogP contribution in [0.2, 0.25) is 5.02 Å². The fraction of sp³-hybridized carbons (Fsp3) is 0.158. The molecular weight excluding hydrogens is 330 g/mol. The van der Waals surface area contributed by atoms with Crippen molar-refractivity contribution in [2.24, 2.45) is 0 Å². The van der Waals surface area contributed by atoms with Gasteiger partial charge in [-0.25, -0.2) is 8.78 Å². The minimum Gasteiger partial charge on any atom is -0.364 e. The molecule has 5 heteroatoms. The molecule has 4 rings (SSSR count). The molecule has 0 fully saturated rings. The van der Waals surface area contributed by atoms with Gasteiger partial charge in [-0.05, 0) is 42.0 Å². The van der Waals surface area contributed by atoms with Gasteiger partial charge in [0.15, 0.2) is 0 Å². The molecule has 1 aromatic heterocycles. The van der Waals surface area contributed by atoms with E-state index >= 15 is 0 Å². The molecule has 2 aromatic carbocycles. The quantitative estimate of drug-likeness (QED) is 0.627. The Morgan fingerprint density at radius 1 is 0.917 bits per heavy atom. The molecular formula is C19H15ClF2N2. The highest BCUT2D eigenvalue weighted by molar-refractivity contribution is 6.31. The summed E-state index contributed by atoms with van der Waals surface area (Å²) >= 11 is 5.91. The van der Waals surface area contributed by atoms with Crippen molar-refractivity contribution in [1.29, 1.82) is 0 Å². The molecule has 0 saturated heterocycles. The fourth-order valence-corrected chi connectivity index (χ4v) is 3.35. The van der Waals surface area contributed by atoms with Crippen molar-refractivity contribution in [2.75, 3.05) is 11.4 Å². The highest BCUT2D eigenvalue weighted by atomic mass is 35.5. The van der Waals surface area contributed by atoms with E-state index in [2.05, 4.69) is 21.7 Å². The molecule has 0 spiro atoms. The van der Waals surface area contributed by atoms with E-state index in [0.29, 0.717) is 6.54 Å². The van der Waals surface area contributed by atoms with Crippen LogP contribution in [0.4, 0.5) is 14.5 Å². The van der Waals surface area contributed by atoms with Gasteiger partial charge >= 0.3 is 0 Å². The van der Waals surface area contributed by atoms with Crippen molar-refractivity contribution >= 4 is 17.3 Å². The van der Waals surface area contributed by atoms with Crippen LogP contribution in [0.25, 0.3) is 11.1 Å². The number of aromatic nitrogens is 1. The first-order valence-electron chi connectivity index (χ1n) is 7.76. The zero-order valence-electron chi connectivity index (χ0n) is 12.8. The Bertz CT molecular complexity index is 887. The summed E-state index contributed by atoms with van der Waals surface area (Å²) in [5, 5.41) is 0.132. The zero-order chi connectivity index (χ0) is 16.7. The fourth-order valence-electron chi connectivity index (χ4n) is 3.17. The number of hydrogen-bond donors (Lipinski definition) is 0. The summed E-state index contributed by atoms with van der Waals surface area (Å²) < 4.78 is 28.8. The predicted octanol–water partition coefficient (Wildman–Crippen LogP) is 5.11. The van der Waals surface area contributed by atoms with Crippen molar-refractivity contribution in [1.82, 2.24) is 4.57 Å². The molecule has 2 heterocycles. The van der Waals surface area contributed by atoms with Crippen LogP contribution in [0.3, 0.4) is 0 Å². The van der Waals surface area contributed by atoms with Crippen molar-refractivity contribution in [2.45, 2.75) is 13.1 Å². The largest absolute Gasteiger partial charge is 0.364 e. The number of hydrogen-bond acceptors (Lipinski definition) is 1. The first-order valence-corrected chi connectivity index (χ1v) is 8.13. The second-order valence-corrected chi connectivity index (χ2v) is 6.30. The minimum atomic E-state index is -0.409. The molecule has 0 saturated carbocycles. The molecule has 1 aliphatic rings. The third kappa shape index (κ3) is 2.67. The van der Waals surface area contributed by atoms with Crippen LogP contribution < -0.4 is 4.90 Å². The molecule has 0 aliphatic carbocycles. The van der Waals surface area contributed by atoms with E-state index in [1.165, 1.54) is 18.2 Å². The molecule has 122 valence electrons. The summed E-state index contributed by atoms with van der Waals surface area (Å²) in [5.74, 6) is -0.651. The summed E-state index contributed by atoms with van der Waals surface area (Å²) in [4.78, 5) is 2.17. The minimum absolute atomic E-state index is 0.132. The Labute approximate surface area is 143 Å². The van der Waals surface area contributed by atoms with E-state index in [-0.39, 0.29) is 10.8 Å². The molecule has 0 amide bonds. The second-order valence-electron chi connectivity index (χ2n) is 5.90. The smallest absolute Gasteiger partial charge is 0.141 e. The Hall–Kier alpha value is -2.33. The van der Waals surface area contributed by atoms with Crippen molar-refractivity contribution in [3.8, 4) is 11.1 Å². The van der Waals surface area contributed by atoms with Gasteiger partial charge in [-0.15, -0.1) is 0 Å². The molecule has 0 radical (unpaired) electrons. The highest BCUT2D eigenvalue weighted by Gasteiger charge is 2.20. The number of anilines is 1. The van der Waals surface area contributed by atoms with Crippen LogP contribution in [-0.2, 0) is 13.1 Å². The molecule has 0 unspecified atom stereocenters. The lowest BCUT2D eigenvalue weighted by Gasteiger charge is -2.31. The summed E-state index contributed by atoms with van der Waals surface area (Å²) in [5.41, 5.74) is 4.14. The van der Waals surface area contributed by atoms with E-state index in [1.54, 1.807) is 24.3 Å². The van der Waals surface area contributed by atoms with Crippen molar-refractivity contribution in [3.63, 3.8) is 0 Å². The zero-order valence-corrected chi connectivity index (χ0v) is 13.6. The van der Waals surface area contributed by atoms with Gasteiger partial charge in [-0.2, -0.15) is 0 Å². The molecule has 0 N–H and O–H groups in total. The van der Waals surface area contributed by atoms with Crippen LogP contribution in [0.1, 0.15) is 5.69 Å². The SMILES string of the molecule is Fc1ccc(-c2ccn3c2CN(c2ccc(F)c(Cl)c2)CC3)cc1. The van der Waals surface area contributed by atoms with E-state index in [4.69, 9.17) is 11.6 Å². The van der Waals surface area contributed by atoms with E-state index in [9.17, 15) is 8.78 Å². The lowest BCUT2D eigenvalue weighted by Crippen LogP contribution is -2.33. The number of nitrogens with zero attached hydrogens (tertiary/aromatic N) is 2. The average Bonchev–Trinajstić information content (AvgIpc) is 3.01. The standard InChI is InChI=1S/C19H15ClF2N2/c20-17-11-15(5-6-18(17)22)24-10-9-23-8-7-16(19(23)12-24)13-1-3-14(21)4-2-13/h1-8,11H,9-10,12H2. The Morgan fingerprint density at radius 2 is 1.71 bits per heavy atom. The number of rotatable bonds is 2. The van der Waals surface area contributed by atoms with Crippen LogP contribution >= 0.6 is 11.6 Å². The monoisotopic (exact) mass is 344 g/mol. The van der Waals surface area contributed by atoms with E-state index in [1.807, 2.05) is 0 Å². The third-order valence-electron chi connectivity index (χ3n) is 4.45. The van der Waals surface area contributed by atoms with Gasteiger partial charge in [0.2, 0.25) is 0 Å². The molecule has 3 aromatic rings. The summed E-state index contributed by atoms with van der Waals surface area (Å²) in [6, 6.07) is 13.4. The van der Waals surface area contributed by atoms with Crippen molar-refractivity contribution < 1.29 is 8.78 Å². The number of benzene rings is 2. The normalized spacial score (nSPS) is 13.9. The van der Waals surface area contributed by atoms with E-state index in [0.717, 1.165) is 35.6 Å². The molecule has 2 nitrogen and oxygen atoms in total. The van der Waals surface area contributed by atoms with Crippen LogP contribution in [-0.4, -0.2) is 11.1 Å². The summed E-state index contributed by atoms with van der Waals surface area (Å²) in [7, 11) is 0. The van der Waals surface area contributed by atoms with Gasteiger partial charge in [-0.3, -0.25) is 0 Å². The van der Waals surface area contributed by atoms with Crippen molar-refractivity contribution in [3.05, 3.63) is 77.1 Å². The topological polar surface area (TPSA) is 8.17 Å². The summed E-state index contributed by atoms with van der Waals surface area (Å²) in [6.07, 6.45) is 2.06. The Balaban J connectivity index is 1.68. The van der Waals surface area contributed by atoms with Gasteiger partial charge < -0.3 is 9.47 Å². The van der Waals surface area contributed by atoms with Crippen LogP contribution in [0.15, 0.2) is 54.7 Å². The summed E-state index contributed by atoms with van der Waals surface area (Å²) in [6.45, 7) is 2.36. The maximum absolute atomic E-state index is 13.4. The number of fused-ring (bicyclic) bond motifs is 1. The first-order chi connectivity index (χ1) is 11.6.